The molecule has 2 rings (SSSR count). The maximum atomic E-state index is 4.65. The van der Waals surface area contributed by atoms with E-state index in [1.54, 1.807) is 0 Å². The first-order valence-corrected chi connectivity index (χ1v) is 6.99. The fourth-order valence-electron chi connectivity index (χ4n) is 2.08. The quantitative estimate of drug-likeness (QED) is 0.751. The van der Waals surface area contributed by atoms with Crippen LogP contribution in [0.2, 0.25) is 0 Å². The zero-order chi connectivity index (χ0) is 14.4. The summed E-state index contributed by atoms with van der Waals surface area (Å²) in [5.74, 6) is 0. The zero-order valence-corrected chi connectivity index (χ0v) is 12.5. The van der Waals surface area contributed by atoms with E-state index in [4.69, 9.17) is 0 Å². The summed E-state index contributed by atoms with van der Waals surface area (Å²) in [6.45, 7) is 2.91. The van der Waals surface area contributed by atoms with Crippen molar-refractivity contribution >= 4 is 11.4 Å². The van der Waals surface area contributed by atoms with E-state index < -0.39 is 0 Å². The van der Waals surface area contributed by atoms with Crippen molar-refractivity contribution in [2.45, 2.75) is 13.3 Å². The highest BCUT2D eigenvalue weighted by Crippen LogP contribution is 2.12. The molecule has 0 aliphatic heterocycles. The van der Waals surface area contributed by atoms with E-state index in [-0.39, 0.29) is 0 Å². The van der Waals surface area contributed by atoms with Gasteiger partial charge in [0.05, 0.1) is 0 Å². The summed E-state index contributed by atoms with van der Waals surface area (Å²) in [4.78, 5) is 6.77. The van der Waals surface area contributed by atoms with Gasteiger partial charge < -0.3 is 4.90 Å². The van der Waals surface area contributed by atoms with Gasteiger partial charge in [0, 0.05) is 32.0 Å². The van der Waals surface area contributed by atoms with Gasteiger partial charge in [-0.05, 0) is 36.6 Å². The molecule has 0 aliphatic rings. The van der Waals surface area contributed by atoms with E-state index >= 15 is 0 Å². The minimum absolute atomic E-state index is 0.835. The lowest BCUT2D eigenvalue weighted by atomic mass is 10.1. The lowest BCUT2D eigenvalue weighted by Crippen LogP contribution is -2.08. The van der Waals surface area contributed by atoms with Crippen molar-refractivity contribution in [1.82, 2.24) is 0 Å². The molecule has 0 saturated carbocycles. The molecule has 2 heteroatoms. The predicted octanol–water partition coefficient (Wildman–Crippen LogP) is 3.80. The normalized spacial score (nSPS) is 11.4. The number of hydrogen-bond donors (Lipinski definition) is 0. The molecule has 0 spiro atoms. The van der Waals surface area contributed by atoms with Crippen LogP contribution in [0.4, 0.5) is 5.69 Å². The van der Waals surface area contributed by atoms with Crippen LogP contribution in [0.5, 0.6) is 0 Å². The Morgan fingerprint density at radius 3 is 2.20 bits per heavy atom. The molecule has 0 fully saturated rings. The lowest BCUT2D eigenvalue weighted by Gasteiger charge is -2.12. The van der Waals surface area contributed by atoms with Crippen LogP contribution in [0.1, 0.15) is 18.1 Å². The standard InChI is InChI=1S/C18H22N2/c1-15(17-7-5-4-6-8-17)19-14-13-16-9-11-18(12-10-16)20(2)3/h4-12H,13-14H2,1-3H3. The van der Waals surface area contributed by atoms with E-state index in [1.165, 1.54) is 16.8 Å². The van der Waals surface area contributed by atoms with Crippen molar-refractivity contribution in [3.63, 3.8) is 0 Å². The molecule has 2 nitrogen and oxygen atoms in total. The number of rotatable bonds is 5. The second-order valence-corrected chi connectivity index (χ2v) is 5.14. The summed E-state index contributed by atoms with van der Waals surface area (Å²) in [7, 11) is 4.12. The van der Waals surface area contributed by atoms with Crippen LogP contribution in [0.25, 0.3) is 0 Å². The third kappa shape index (κ3) is 3.95. The second kappa shape index (κ2) is 6.90. The van der Waals surface area contributed by atoms with Gasteiger partial charge in [0.1, 0.15) is 0 Å². The highest BCUT2D eigenvalue weighted by molar-refractivity contribution is 5.98. The lowest BCUT2D eigenvalue weighted by molar-refractivity contribution is 0.966. The van der Waals surface area contributed by atoms with E-state index in [0.29, 0.717) is 0 Å². The van der Waals surface area contributed by atoms with Crippen LogP contribution < -0.4 is 4.90 Å². The van der Waals surface area contributed by atoms with E-state index in [1.807, 2.05) is 18.2 Å². The Morgan fingerprint density at radius 1 is 0.950 bits per heavy atom. The Balaban J connectivity index is 1.92. The third-order valence-corrected chi connectivity index (χ3v) is 3.39. The maximum absolute atomic E-state index is 4.65. The Bertz CT molecular complexity index is 554. The van der Waals surface area contributed by atoms with Crippen LogP contribution in [0.15, 0.2) is 59.6 Å². The fraction of sp³-hybridized carbons (Fsp3) is 0.278. The largest absolute Gasteiger partial charge is 0.378 e. The van der Waals surface area contributed by atoms with Crippen LogP contribution in [0.3, 0.4) is 0 Å². The molecule has 0 heterocycles. The van der Waals surface area contributed by atoms with Gasteiger partial charge in [0.15, 0.2) is 0 Å². The molecule has 0 aromatic heterocycles. The Morgan fingerprint density at radius 2 is 1.60 bits per heavy atom. The average molecular weight is 266 g/mol. The summed E-state index contributed by atoms with van der Waals surface area (Å²) in [6, 6.07) is 19.0. The minimum Gasteiger partial charge on any atom is -0.378 e. The molecule has 0 atom stereocenters. The SMILES string of the molecule is CC(=NCCc1ccc(N(C)C)cc1)c1ccccc1. The number of anilines is 1. The second-order valence-electron chi connectivity index (χ2n) is 5.14. The number of hydrogen-bond acceptors (Lipinski definition) is 2. The van der Waals surface area contributed by atoms with Gasteiger partial charge in [0.2, 0.25) is 0 Å². The summed E-state index contributed by atoms with van der Waals surface area (Å²) in [5.41, 5.74) is 4.88. The van der Waals surface area contributed by atoms with Crippen LogP contribution >= 0.6 is 0 Å². The van der Waals surface area contributed by atoms with Gasteiger partial charge >= 0.3 is 0 Å². The van der Waals surface area contributed by atoms with Crippen LogP contribution in [-0.4, -0.2) is 26.4 Å². The Labute approximate surface area is 121 Å². The zero-order valence-electron chi connectivity index (χ0n) is 12.5. The molecule has 2 aromatic carbocycles. The minimum atomic E-state index is 0.835. The molecule has 0 unspecified atom stereocenters. The number of nitrogens with zero attached hydrogens (tertiary/aromatic N) is 2. The summed E-state index contributed by atoms with van der Waals surface area (Å²) >= 11 is 0. The van der Waals surface area contributed by atoms with Gasteiger partial charge in [0.25, 0.3) is 0 Å². The Hall–Kier alpha value is -2.09. The monoisotopic (exact) mass is 266 g/mol. The summed E-state index contributed by atoms with van der Waals surface area (Å²) < 4.78 is 0. The predicted molar refractivity (Wildman–Crippen MR) is 88.0 cm³/mol. The first kappa shape index (κ1) is 14.3. The summed E-state index contributed by atoms with van der Waals surface area (Å²) in [6.07, 6.45) is 0.984. The first-order valence-electron chi connectivity index (χ1n) is 6.99. The van der Waals surface area contributed by atoms with Gasteiger partial charge in [-0.1, -0.05) is 42.5 Å². The molecule has 20 heavy (non-hydrogen) atoms. The molecule has 104 valence electrons. The third-order valence-electron chi connectivity index (χ3n) is 3.39. The first-order chi connectivity index (χ1) is 9.66. The van der Waals surface area contributed by atoms with Crippen LogP contribution in [-0.2, 0) is 6.42 Å². The molecule has 0 saturated heterocycles. The average Bonchev–Trinajstić information content (AvgIpc) is 2.48. The van der Waals surface area contributed by atoms with Crippen LogP contribution in [0, 0.1) is 0 Å². The molecular formula is C18H22N2. The van der Waals surface area contributed by atoms with Crippen molar-refractivity contribution in [1.29, 1.82) is 0 Å². The smallest absolute Gasteiger partial charge is 0.0433 e. The molecule has 0 bridgehead atoms. The molecule has 0 aliphatic carbocycles. The number of benzene rings is 2. The highest BCUT2D eigenvalue weighted by Gasteiger charge is 1.98. The number of aliphatic imine (C=N–C) groups is 1. The highest BCUT2D eigenvalue weighted by atomic mass is 15.1. The van der Waals surface area contributed by atoms with Gasteiger partial charge in [-0.3, -0.25) is 4.99 Å². The van der Waals surface area contributed by atoms with Gasteiger partial charge in [-0.15, -0.1) is 0 Å². The Kier molecular flexibility index (Phi) is 4.94. The molecule has 0 N–H and O–H groups in total. The molecule has 0 amide bonds. The van der Waals surface area contributed by atoms with Gasteiger partial charge in [-0.2, -0.15) is 0 Å². The summed E-state index contributed by atoms with van der Waals surface area (Å²) in [5, 5.41) is 0. The fourth-order valence-corrected chi connectivity index (χ4v) is 2.08. The molecule has 2 aromatic rings. The molecule has 0 radical (unpaired) electrons. The topological polar surface area (TPSA) is 15.6 Å². The van der Waals surface area contributed by atoms with Crippen molar-refractivity contribution in [2.75, 3.05) is 25.5 Å². The van der Waals surface area contributed by atoms with E-state index in [2.05, 4.69) is 67.3 Å². The van der Waals surface area contributed by atoms with Crippen molar-refractivity contribution in [2.24, 2.45) is 4.99 Å². The van der Waals surface area contributed by atoms with E-state index in [0.717, 1.165) is 18.7 Å². The van der Waals surface area contributed by atoms with E-state index in [9.17, 15) is 0 Å². The van der Waals surface area contributed by atoms with Crippen molar-refractivity contribution < 1.29 is 0 Å². The van der Waals surface area contributed by atoms with Gasteiger partial charge in [-0.25, -0.2) is 0 Å². The van der Waals surface area contributed by atoms with Crippen molar-refractivity contribution in [3.05, 3.63) is 65.7 Å². The maximum Gasteiger partial charge on any atom is 0.0433 e. The van der Waals surface area contributed by atoms with Crippen molar-refractivity contribution in [3.8, 4) is 0 Å². The molecular weight excluding hydrogens is 244 g/mol.